The average Bonchev–Trinajstić information content (AvgIpc) is 2.66. The van der Waals surface area contributed by atoms with Gasteiger partial charge in [-0.15, -0.1) is 0 Å². The Labute approximate surface area is 104 Å². The molecule has 0 amide bonds. The third-order valence-corrected chi connectivity index (χ3v) is 3.06. The van der Waals surface area contributed by atoms with Crippen LogP contribution >= 0.6 is 0 Å². The molecule has 0 spiro atoms. The summed E-state index contributed by atoms with van der Waals surface area (Å²) < 4.78 is 0. The van der Waals surface area contributed by atoms with Gasteiger partial charge in [-0.2, -0.15) is 0 Å². The zero-order valence-electron chi connectivity index (χ0n) is 12.7. The lowest BCUT2D eigenvalue weighted by Gasteiger charge is -2.32. The minimum atomic E-state index is 0.426. The fourth-order valence-electron chi connectivity index (χ4n) is 1.92. The van der Waals surface area contributed by atoms with Crippen molar-refractivity contribution in [3.63, 3.8) is 0 Å². The summed E-state index contributed by atoms with van der Waals surface area (Å²) in [5.74, 6) is 0. The summed E-state index contributed by atoms with van der Waals surface area (Å²) in [6.07, 6.45) is 3.95. The Bertz CT molecular complexity index is 137. The zero-order valence-corrected chi connectivity index (χ0v) is 12.7. The van der Waals surface area contributed by atoms with Crippen LogP contribution in [0.4, 0.5) is 0 Å². The number of nitrogens with zero attached hydrogens (tertiary/aromatic N) is 1. The number of hydrogen-bond donors (Lipinski definition) is 1. The molecule has 0 aromatic heterocycles. The predicted octanol–water partition coefficient (Wildman–Crippen LogP) is 3.52. The van der Waals surface area contributed by atoms with Crippen LogP contribution < -0.4 is 5.32 Å². The number of likely N-dealkylation sites (tertiary alicyclic amines) is 1. The Hall–Kier alpha value is -0.0800. The van der Waals surface area contributed by atoms with Crippen LogP contribution in [0.1, 0.15) is 60.8 Å². The third kappa shape index (κ3) is 6.49. The van der Waals surface area contributed by atoms with Gasteiger partial charge in [-0.25, -0.2) is 0 Å². The smallest absolute Gasteiger partial charge is 0.0303 e. The predicted molar refractivity (Wildman–Crippen MR) is 76.1 cm³/mol. The minimum absolute atomic E-state index is 0.426. The van der Waals surface area contributed by atoms with Crippen molar-refractivity contribution in [3.8, 4) is 0 Å². The van der Waals surface area contributed by atoms with Crippen LogP contribution in [0.2, 0.25) is 0 Å². The third-order valence-electron chi connectivity index (χ3n) is 3.06. The first-order valence-corrected chi connectivity index (χ1v) is 7.11. The van der Waals surface area contributed by atoms with E-state index < -0.39 is 0 Å². The Morgan fingerprint density at radius 2 is 1.75 bits per heavy atom. The molecule has 0 radical (unpaired) electrons. The van der Waals surface area contributed by atoms with Gasteiger partial charge in [-0.3, -0.25) is 4.90 Å². The first-order valence-electron chi connectivity index (χ1n) is 7.11. The largest absolute Gasteiger partial charge is 0.315 e. The lowest BCUT2D eigenvalue weighted by atomic mass is 9.99. The van der Waals surface area contributed by atoms with Gasteiger partial charge in [0.25, 0.3) is 0 Å². The Kier molecular flexibility index (Phi) is 13.0. The SMILES string of the molecule is CC.CC.CCCNCC1(C)CCCN1C. The van der Waals surface area contributed by atoms with Crippen molar-refractivity contribution in [2.24, 2.45) is 0 Å². The molecule has 0 saturated carbocycles. The molecule has 1 aliphatic heterocycles. The summed E-state index contributed by atoms with van der Waals surface area (Å²) in [7, 11) is 2.24. The van der Waals surface area contributed by atoms with Crippen LogP contribution in [0.5, 0.6) is 0 Å². The Balaban J connectivity index is 0. The van der Waals surface area contributed by atoms with Crippen molar-refractivity contribution >= 4 is 0 Å². The van der Waals surface area contributed by atoms with Gasteiger partial charge in [0.15, 0.2) is 0 Å². The second kappa shape index (κ2) is 11.4. The van der Waals surface area contributed by atoms with E-state index in [-0.39, 0.29) is 0 Å². The van der Waals surface area contributed by atoms with Gasteiger partial charge < -0.3 is 5.32 Å². The van der Waals surface area contributed by atoms with Gasteiger partial charge in [0, 0.05) is 12.1 Å². The number of rotatable bonds is 4. The minimum Gasteiger partial charge on any atom is -0.315 e. The number of nitrogens with one attached hydrogen (secondary N) is 1. The molecule has 1 saturated heterocycles. The number of likely N-dealkylation sites (N-methyl/N-ethyl adjacent to an activating group) is 1. The molecule has 1 aliphatic rings. The summed E-state index contributed by atoms with van der Waals surface area (Å²) in [6, 6.07) is 0. The average molecular weight is 230 g/mol. The van der Waals surface area contributed by atoms with E-state index in [2.05, 4.69) is 31.1 Å². The summed E-state index contributed by atoms with van der Waals surface area (Å²) in [5, 5.41) is 3.51. The maximum absolute atomic E-state index is 3.51. The summed E-state index contributed by atoms with van der Waals surface area (Å²) in [6.45, 7) is 16.2. The van der Waals surface area contributed by atoms with Gasteiger partial charge in [0.05, 0.1) is 0 Å². The van der Waals surface area contributed by atoms with Crippen LogP contribution in [-0.4, -0.2) is 37.1 Å². The normalized spacial score (nSPS) is 24.2. The molecule has 2 nitrogen and oxygen atoms in total. The fraction of sp³-hybridized carbons (Fsp3) is 1.00. The molecule has 1 heterocycles. The zero-order chi connectivity index (χ0) is 13.0. The highest BCUT2D eigenvalue weighted by molar-refractivity contribution is 4.91. The van der Waals surface area contributed by atoms with E-state index in [0.717, 1.165) is 13.1 Å². The molecule has 1 N–H and O–H groups in total. The second-order valence-electron chi connectivity index (χ2n) is 4.20. The molecule has 0 aromatic carbocycles. The van der Waals surface area contributed by atoms with Crippen molar-refractivity contribution in [2.45, 2.75) is 66.3 Å². The van der Waals surface area contributed by atoms with Crippen LogP contribution in [0.25, 0.3) is 0 Å². The summed E-state index contributed by atoms with van der Waals surface area (Å²) >= 11 is 0. The van der Waals surface area contributed by atoms with Crippen LogP contribution in [-0.2, 0) is 0 Å². The fourth-order valence-corrected chi connectivity index (χ4v) is 1.92. The molecule has 100 valence electrons. The molecule has 1 unspecified atom stereocenters. The van der Waals surface area contributed by atoms with E-state index >= 15 is 0 Å². The first-order chi connectivity index (χ1) is 7.69. The van der Waals surface area contributed by atoms with E-state index in [1.54, 1.807) is 0 Å². The van der Waals surface area contributed by atoms with E-state index in [9.17, 15) is 0 Å². The Morgan fingerprint density at radius 1 is 1.19 bits per heavy atom. The molecule has 1 fully saturated rings. The summed E-state index contributed by atoms with van der Waals surface area (Å²) in [4.78, 5) is 2.48. The van der Waals surface area contributed by atoms with Crippen molar-refractivity contribution in [2.75, 3.05) is 26.7 Å². The summed E-state index contributed by atoms with van der Waals surface area (Å²) in [5.41, 5.74) is 0.426. The van der Waals surface area contributed by atoms with E-state index in [4.69, 9.17) is 0 Å². The van der Waals surface area contributed by atoms with Crippen molar-refractivity contribution in [1.82, 2.24) is 10.2 Å². The lowest BCUT2D eigenvalue weighted by molar-refractivity contribution is 0.190. The first kappa shape index (κ1) is 18.3. The Morgan fingerprint density at radius 3 is 2.12 bits per heavy atom. The molecule has 0 aromatic rings. The van der Waals surface area contributed by atoms with Gasteiger partial charge in [0.2, 0.25) is 0 Å². The monoisotopic (exact) mass is 230 g/mol. The van der Waals surface area contributed by atoms with Crippen molar-refractivity contribution in [1.29, 1.82) is 0 Å². The van der Waals surface area contributed by atoms with Crippen LogP contribution in [0.15, 0.2) is 0 Å². The molecular formula is C14H34N2. The van der Waals surface area contributed by atoms with Gasteiger partial charge in [-0.1, -0.05) is 34.6 Å². The highest BCUT2D eigenvalue weighted by Crippen LogP contribution is 2.25. The molecule has 0 aliphatic carbocycles. The van der Waals surface area contributed by atoms with E-state index in [0.29, 0.717) is 5.54 Å². The molecule has 16 heavy (non-hydrogen) atoms. The molecular weight excluding hydrogens is 196 g/mol. The van der Waals surface area contributed by atoms with Gasteiger partial charge in [-0.05, 0) is 46.3 Å². The highest BCUT2D eigenvalue weighted by Gasteiger charge is 2.32. The van der Waals surface area contributed by atoms with E-state index in [1.807, 2.05) is 27.7 Å². The maximum Gasteiger partial charge on any atom is 0.0303 e. The molecule has 1 rings (SSSR count). The van der Waals surface area contributed by atoms with Gasteiger partial charge >= 0.3 is 0 Å². The van der Waals surface area contributed by atoms with Crippen LogP contribution in [0, 0.1) is 0 Å². The second-order valence-corrected chi connectivity index (χ2v) is 4.20. The van der Waals surface area contributed by atoms with Crippen LogP contribution in [0.3, 0.4) is 0 Å². The molecule has 2 heteroatoms. The highest BCUT2D eigenvalue weighted by atomic mass is 15.2. The van der Waals surface area contributed by atoms with Crippen molar-refractivity contribution < 1.29 is 0 Å². The van der Waals surface area contributed by atoms with E-state index in [1.165, 1.54) is 25.8 Å². The molecule has 0 bridgehead atoms. The molecule has 1 atom stereocenters. The maximum atomic E-state index is 3.51. The lowest BCUT2D eigenvalue weighted by Crippen LogP contribution is -2.46. The van der Waals surface area contributed by atoms with Gasteiger partial charge in [0.1, 0.15) is 0 Å². The number of hydrogen-bond acceptors (Lipinski definition) is 2. The quantitative estimate of drug-likeness (QED) is 0.743. The van der Waals surface area contributed by atoms with Crippen molar-refractivity contribution in [3.05, 3.63) is 0 Å². The topological polar surface area (TPSA) is 15.3 Å². The standard InChI is InChI=1S/C10H22N2.2C2H6/c1-4-7-11-9-10(2)6-5-8-12(10)3;2*1-2/h11H,4-9H2,1-3H3;2*1-2H3.